The molecule has 0 saturated carbocycles. The molecule has 0 spiro atoms. The molecule has 4 aromatic rings. The zero-order chi connectivity index (χ0) is 24.6. The minimum Gasteiger partial charge on any atom is -0.350 e. The van der Waals surface area contributed by atoms with Crippen molar-refractivity contribution in [2.45, 2.75) is 31.0 Å². The number of thioether (sulfide) groups is 1. The van der Waals surface area contributed by atoms with Crippen molar-refractivity contribution in [2.75, 3.05) is 5.75 Å². The van der Waals surface area contributed by atoms with Crippen LogP contribution in [0.3, 0.4) is 0 Å². The molecule has 0 aliphatic carbocycles. The number of rotatable bonds is 10. The van der Waals surface area contributed by atoms with Crippen molar-refractivity contribution >= 4 is 23.4 Å². The highest BCUT2D eigenvalue weighted by Gasteiger charge is 2.17. The largest absolute Gasteiger partial charge is 0.350 e. The second-order valence-corrected chi connectivity index (χ2v) is 9.00. The Morgan fingerprint density at radius 1 is 1.00 bits per heavy atom. The number of non-ortho nitro benzene ring substituents is 1. The lowest BCUT2D eigenvalue weighted by molar-refractivity contribution is -0.384. The Hall–Kier alpha value is -3.98. The quantitative estimate of drug-likeness (QED) is 0.135. The fourth-order valence-corrected chi connectivity index (χ4v) is 4.52. The van der Waals surface area contributed by atoms with Crippen molar-refractivity contribution in [1.29, 1.82) is 0 Å². The summed E-state index contributed by atoms with van der Waals surface area (Å²) in [6.07, 6.45) is 1.10. The molecule has 8 nitrogen and oxygen atoms in total. The zero-order valence-electron chi connectivity index (χ0n) is 19.2. The molecule has 1 amide bonds. The lowest BCUT2D eigenvalue weighted by Crippen LogP contribution is -2.26. The van der Waals surface area contributed by atoms with Crippen LogP contribution in [-0.2, 0) is 4.79 Å². The maximum absolute atomic E-state index is 12.4. The Balaban J connectivity index is 1.42. The number of amides is 1. The SMILES string of the molecule is CC(NC(=O)CCCSc1nnc(-c2ccc([N+](=O)[O-])cc2)n1-c1ccccc1)c1ccccc1. The van der Waals surface area contributed by atoms with Gasteiger partial charge in [0.05, 0.1) is 11.0 Å². The lowest BCUT2D eigenvalue weighted by Gasteiger charge is -2.14. The van der Waals surface area contributed by atoms with Crippen molar-refractivity contribution < 1.29 is 9.72 Å². The van der Waals surface area contributed by atoms with Crippen molar-refractivity contribution in [3.63, 3.8) is 0 Å². The van der Waals surface area contributed by atoms with Crippen molar-refractivity contribution in [3.8, 4) is 17.1 Å². The molecule has 9 heteroatoms. The Morgan fingerprint density at radius 2 is 1.66 bits per heavy atom. The van der Waals surface area contributed by atoms with E-state index in [1.165, 1.54) is 23.9 Å². The predicted octanol–water partition coefficient (Wildman–Crippen LogP) is 5.59. The van der Waals surface area contributed by atoms with Gasteiger partial charge in [0.2, 0.25) is 5.91 Å². The summed E-state index contributed by atoms with van der Waals surface area (Å²) in [5.74, 6) is 1.30. The van der Waals surface area contributed by atoms with Crippen LogP contribution in [0.1, 0.15) is 31.4 Å². The van der Waals surface area contributed by atoms with Crippen LogP contribution < -0.4 is 5.32 Å². The molecule has 0 fully saturated rings. The van der Waals surface area contributed by atoms with E-state index in [-0.39, 0.29) is 17.6 Å². The monoisotopic (exact) mass is 487 g/mol. The van der Waals surface area contributed by atoms with Crippen molar-refractivity contribution in [3.05, 3.63) is 101 Å². The summed E-state index contributed by atoms with van der Waals surface area (Å²) in [5.41, 5.74) is 2.72. The van der Waals surface area contributed by atoms with E-state index in [9.17, 15) is 14.9 Å². The standard InChI is InChI=1S/C26H25N5O3S/c1-19(20-9-4-2-5-10-20)27-24(32)13-8-18-35-26-29-28-25(30(26)22-11-6-3-7-12-22)21-14-16-23(17-15-21)31(33)34/h2-7,9-12,14-17,19H,8,13,18H2,1H3,(H,27,32). The highest BCUT2D eigenvalue weighted by atomic mass is 32.2. The summed E-state index contributed by atoms with van der Waals surface area (Å²) in [6.45, 7) is 1.98. The number of hydrogen-bond acceptors (Lipinski definition) is 6. The van der Waals surface area contributed by atoms with Crippen LogP contribution in [0.25, 0.3) is 17.1 Å². The number of benzene rings is 3. The number of nitrogens with one attached hydrogen (secondary N) is 1. The fraction of sp³-hybridized carbons (Fsp3) is 0.192. The first-order chi connectivity index (χ1) is 17.0. The Bertz CT molecular complexity index is 1280. The van der Waals surface area contributed by atoms with E-state index in [1.807, 2.05) is 72.2 Å². The molecule has 4 rings (SSSR count). The average molecular weight is 488 g/mol. The third-order valence-corrected chi connectivity index (χ3v) is 6.46. The molecule has 1 atom stereocenters. The number of carbonyl (C=O) groups is 1. The van der Waals surface area contributed by atoms with Gasteiger partial charge in [0, 0.05) is 35.6 Å². The number of para-hydroxylation sites is 1. The van der Waals surface area contributed by atoms with Crippen LogP contribution >= 0.6 is 11.8 Å². The molecule has 1 N–H and O–H groups in total. The fourth-order valence-electron chi connectivity index (χ4n) is 3.63. The summed E-state index contributed by atoms with van der Waals surface area (Å²) in [5, 5.41) is 23.5. The summed E-state index contributed by atoms with van der Waals surface area (Å²) in [7, 11) is 0. The minimum atomic E-state index is -0.427. The number of nitro benzene ring substituents is 1. The topological polar surface area (TPSA) is 103 Å². The van der Waals surface area contributed by atoms with Gasteiger partial charge in [-0.05, 0) is 43.2 Å². The van der Waals surface area contributed by atoms with E-state index < -0.39 is 4.92 Å². The van der Waals surface area contributed by atoms with Crippen molar-refractivity contribution in [2.24, 2.45) is 0 Å². The Labute approximate surface area is 207 Å². The minimum absolute atomic E-state index is 0.0121. The van der Waals surface area contributed by atoms with Crippen LogP contribution in [0.4, 0.5) is 5.69 Å². The summed E-state index contributed by atoms with van der Waals surface area (Å²) in [4.78, 5) is 23.0. The molecule has 1 unspecified atom stereocenters. The van der Waals surface area contributed by atoms with Gasteiger partial charge in [0.1, 0.15) is 0 Å². The third kappa shape index (κ3) is 6.13. The maximum Gasteiger partial charge on any atom is 0.269 e. The third-order valence-electron chi connectivity index (χ3n) is 5.44. The number of aromatic nitrogens is 3. The van der Waals surface area contributed by atoms with Crippen LogP contribution in [0.2, 0.25) is 0 Å². The first kappa shape index (κ1) is 24.2. The van der Waals surface area contributed by atoms with E-state index in [4.69, 9.17) is 0 Å². The molecular weight excluding hydrogens is 462 g/mol. The molecule has 3 aromatic carbocycles. The molecule has 0 radical (unpaired) electrons. The highest BCUT2D eigenvalue weighted by Crippen LogP contribution is 2.29. The van der Waals surface area contributed by atoms with E-state index in [0.29, 0.717) is 29.6 Å². The molecule has 0 aliphatic heterocycles. The molecule has 178 valence electrons. The highest BCUT2D eigenvalue weighted by molar-refractivity contribution is 7.99. The van der Waals surface area contributed by atoms with Gasteiger partial charge in [0.25, 0.3) is 5.69 Å². The second kappa shape index (κ2) is 11.4. The van der Waals surface area contributed by atoms with Crippen LogP contribution in [0.5, 0.6) is 0 Å². The van der Waals surface area contributed by atoms with Gasteiger partial charge >= 0.3 is 0 Å². The maximum atomic E-state index is 12.4. The van der Waals surface area contributed by atoms with E-state index in [1.54, 1.807) is 12.1 Å². The molecule has 1 aromatic heterocycles. The van der Waals surface area contributed by atoms with Gasteiger partial charge < -0.3 is 5.32 Å². The van der Waals surface area contributed by atoms with Crippen LogP contribution in [-0.4, -0.2) is 31.3 Å². The van der Waals surface area contributed by atoms with Crippen molar-refractivity contribution in [1.82, 2.24) is 20.1 Å². The molecule has 0 bridgehead atoms. The smallest absolute Gasteiger partial charge is 0.269 e. The average Bonchev–Trinajstić information content (AvgIpc) is 3.31. The molecule has 0 saturated heterocycles. The summed E-state index contributed by atoms with van der Waals surface area (Å²) < 4.78 is 1.93. The van der Waals surface area contributed by atoms with Gasteiger partial charge in [-0.1, -0.05) is 60.3 Å². The number of nitrogens with zero attached hydrogens (tertiary/aromatic N) is 4. The normalized spacial score (nSPS) is 11.7. The van der Waals surface area contributed by atoms with Gasteiger partial charge in [-0.15, -0.1) is 10.2 Å². The van der Waals surface area contributed by atoms with Gasteiger partial charge in [-0.25, -0.2) is 0 Å². The lowest BCUT2D eigenvalue weighted by atomic mass is 10.1. The summed E-state index contributed by atoms with van der Waals surface area (Å²) >= 11 is 1.52. The molecule has 0 aliphatic rings. The van der Waals surface area contributed by atoms with E-state index >= 15 is 0 Å². The first-order valence-corrected chi connectivity index (χ1v) is 12.2. The van der Waals surface area contributed by atoms with E-state index in [2.05, 4.69) is 15.5 Å². The van der Waals surface area contributed by atoms with Gasteiger partial charge in [0.15, 0.2) is 11.0 Å². The molecule has 35 heavy (non-hydrogen) atoms. The Kier molecular flexibility index (Phi) is 7.89. The van der Waals surface area contributed by atoms with Gasteiger partial charge in [-0.2, -0.15) is 0 Å². The molecular formula is C26H25N5O3S. The second-order valence-electron chi connectivity index (χ2n) is 7.93. The van der Waals surface area contributed by atoms with Crippen LogP contribution in [0.15, 0.2) is 90.1 Å². The van der Waals surface area contributed by atoms with E-state index in [0.717, 1.165) is 16.8 Å². The summed E-state index contributed by atoms with van der Waals surface area (Å²) in [6, 6.07) is 25.8. The number of carbonyl (C=O) groups excluding carboxylic acids is 1. The Morgan fingerprint density at radius 3 is 2.31 bits per heavy atom. The number of nitro groups is 1. The number of hydrogen-bond donors (Lipinski definition) is 1. The predicted molar refractivity (Wildman–Crippen MR) is 136 cm³/mol. The van der Waals surface area contributed by atoms with Crippen LogP contribution in [0, 0.1) is 10.1 Å². The molecule has 1 heterocycles. The van der Waals surface area contributed by atoms with Gasteiger partial charge in [-0.3, -0.25) is 19.5 Å². The zero-order valence-corrected chi connectivity index (χ0v) is 20.0. The first-order valence-electron chi connectivity index (χ1n) is 11.3.